The average Bonchev–Trinajstić information content (AvgIpc) is 2.29. The Kier molecular flexibility index (Phi) is 3.92. The summed E-state index contributed by atoms with van der Waals surface area (Å²) in [4.78, 5) is 0. The van der Waals surface area contributed by atoms with Crippen LogP contribution in [-0.4, -0.2) is 0 Å². The third kappa shape index (κ3) is 2.49. The molecule has 0 heterocycles. The largest absolute Gasteiger partial charge is 0.206 e. The van der Waals surface area contributed by atoms with E-state index >= 15 is 0 Å². The molecule has 0 aromatic heterocycles. The van der Waals surface area contributed by atoms with Crippen LogP contribution in [-0.2, 0) is 0 Å². The Labute approximate surface area is 104 Å². The molecule has 0 radical (unpaired) electrons. The second-order valence-corrected chi connectivity index (χ2v) is 4.84. The second kappa shape index (κ2) is 4.87. The lowest BCUT2D eigenvalue weighted by molar-refractivity contribution is 0.607. The molecule has 1 aromatic carbocycles. The highest BCUT2D eigenvalue weighted by atomic mass is 19.1. The molecular weight excluding hydrogens is 211 g/mol. The summed E-state index contributed by atoms with van der Waals surface area (Å²) in [5.41, 5.74) is 6.73. The molecule has 17 heavy (non-hydrogen) atoms. The monoisotopic (exact) mass is 232 g/mol. The third-order valence-electron chi connectivity index (χ3n) is 3.62. The van der Waals surface area contributed by atoms with E-state index in [2.05, 4.69) is 12.6 Å². The van der Waals surface area contributed by atoms with E-state index in [1.165, 1.54) is 0 Å². The van der Waals surface area contributed by atoms with Crippen molar-refractivity contribution < 1.29 is 4.39 Å². The summed E-state index contributed by atoms with van der Waals surface area (Å²) in [6, 6.07) is 2.06. The van der Waals surface area contributed by atoms with Gasteiger partial charge >= 0.3 is 0 Å². The number of halogens is 1. The first kappa shape index (κ1) is 13.7. The molecule has 0 aliphatic rings. The zero-order chi connectivity index (χ0) is 13.3. The molecule has 1 heteroatoms. The number of aryl methyl sites for hydroxylation is 1. The quantitative estimate of drug-likeness (QED) is 0.621. The first-order chi connectivity index (χ1) is 7.77. The highest BCUT2D eigenvalue weighted by molar-refractivity contribution is 5.73. The van der Waals surface area contributed by atoms with Crippen molar-refractivity contribution in [3.05, 3.63) is 51.9 Å². The predicted octanol–water partition coefficient (Wildman–Crippen LogP) is 5.12. The lowest BCUT2D eigenvalue weighted by Gasteiger charge is -2.15. The Morgan fingerprint density at radius 1 is 1.06 bits per heavy atom. The lowest BCUT2D eigenvalue weighted by atomic mass is 9.91. The number of allylic oxidation sites excluding steroid dienone is 3. The van der Waals surface area contributed by atoms with E-state index in [1.807, 2.05) is 41.5 Å². The van der Waals surface area contributed by atoms with E-state index < -0.39 is 0 Å². The van der Waals surface area contributed by atoms with Crippen LogP contribution in [0.5, 0.6) is 0 Å². The number of rotatable bonds is 2. The summed E-state index contributed by atoms with van der Waals surface area (Å²) >= 11 is 0. The van der Waals surface area contributed by atoms with E-state index in [0.717, 1.165) is 39.0 Å². The molecule has 0 nitrogen and oxygen atoms in total. The summed E-state index contributed by atoms with van der Waals surface area (Å²) in [6.07, 6.45) is 0. The van der Waals surface area contributed by atoms with Gasteiger partial charge in [0.2, 0.25) is 0 Å². The standard InChI is InChI=1S/C16H21F/c1-9(2)11(4)13(6)15-8-10(3)12(5)16(17)14(15)7/h8H,1H2,2-7H3/b13-11-. The van der Waals surface area contributed by atoms with E-state index in [1.54, 1.807) is 0 Å². The van der Waals surface area contributed by atoms with Crippen molar-refractivity contribution in [2.24, 2.45) is 0 Å². The first-order valence-electron chi connectivity index (χ1n) is 5.87. The van der Waals surface area contributed by atoms with Crippen LogP contribution in [0, 0.1) is 26.6 Å². The molecule has 92 valence electrons. The second-order valence-electron chi connectivity index (χ2n) is 4.84. The fourth-order valence-electron chi connectivity index (χ4n) is 1.92. The van der Waals surface area contributed by atoms with Crippen LogP contribution in [0.4, 0.5) is 4.39 Å². The maximum absolute atomic E-state index is 14.0. The molecule has 1 rings (SSSR count). The fraction of sp³-hybridized carbons (Fsp3) is 0.375. The predicted molar refractivity (Wildman–Crippen MR) is 73.7 cm³/mol. The van der Waals surface area contributed by atoms with Gasteiger partial charge in [-0.3, -0.25) is 0 Å². The molecule has 0 fully saturated rings. The van der Waals surface area contributed by atoms with Gasteiger partial charge in [0.25, 0.3) is 0 Å². The third-order valence-corrected chi connectivity index (χ3v) is 3.62. The molecule has 0 amide bonds. The number of benzene rings is 1. The van der Waals surface area contributed by atoms with Crippen molar-refractivity contribution in [1.29, 1.82) is 0 Å². The van der Waals surface area contributed by atoms with Gasteiger partial charge in [0, 0.05) is 0 Å². The average molecular weight is 232 g/mol. The van der Waals surface area contributed by atoms with Crippen molar-refractivity contribution in [3.8, 4) is 0 Å². The van der Waals surface area contributed by atoms with Crippen LogP contribution < -0.4 is 0 Å². The smallest absolute Gasteiger partial charge is 0.129 e. The lowest BCUT2D eigenvalue weighted by Crippen LogP contribution is -1.98. The van der Waals surface area contributed by atoms with E-state index in [-0.39, 0.29) is 5.82 Å². The number of hydrogen-bond donors (Lipinski definition) is 0. The van der Waals surface area contributed by atoms with Gasteiger partial charge in [-0.2, -0.15) is 0 Å². The van der Waals surface area contributed by atoms with Gasteiger partial charge in [0.1, 0.15) is 5.82 Å². The van der Waals surface area contributed by atoms with Crippen molar-refractivity contribution >= 4 is 5.57 Å². The van der Waals surface area contributed by atoms with Gasteiger partial charge in [-0.15, -0.1) is 0 Å². The summed E-state index contributed by atoms with van der Waals surface area (Å²) < 4.78 is 14.0. The van der Waals surface area contributed by atoms with Gasteiger partial charge in [0.15, 0.2) is 0 Å². The van der Waals surface area contributed by atoms with E-state index in [9.17, 15) is 4.39 Å². The fourth-order valence-corrected chi connectivity index (χ4v) is 1.92. The minimum absolute atomic E-state index is 0.0890. The molecule has 0 atom stereocenters. The van der Waals surface area contributed by atoms with Crippen molar-refractivity contribution in [2.45, 2.75) is 41.5 Å². The molecule has 0 saturated carbocycles. The first-order valence-corrected chi connectivity index (χ1v) is 5.87. The summed E-state index contributed by atoms with van der Waals surface area (Å²) in [6.45, 7) is 15.6. The molecule has 0 saturated heterocycles. The van der Waals surface area contributed by atoms with Gasteiger partial charge in [-0.25, -0.2) is 4.39 Å². The van der Waals surface area contributed by atoms with E-state index in [4.69, 9.17) is 0 Å². The molecule has 0 bridgehead atoms. The van der Waals surface area contributed by atoms with Gasteiger partial charge in [0.05, 0.1) is 0 Å². The Hall–Kier alpha value is -1.37. The van der Waals surface area contributed by atoms with Crippen molar-refractivity contribution in [2.75, 3.05) is 0 Å². The number of hydrogen-bond acceptors (Lipinski definition) is 0. The zero-order valence-electron chi connectivity index (χ0n) is 11.7. The maximum Gasteiger partial charge on any atom is 0.129 e. The van der Waals surface area contributed by atoms with E-state index in [0.29, 0.717) is 0 Å². The molecule has 0 N–H and O–H groups in total. The van der Waals surface area contributed by atoms with Gasteiger partial charge in [-0.05, 0) is 74.9 Å². The Balaban J connectivity index is 3.54. The molecular formula is C16H21F. The summed E-state index contributed by atoms with van der Waals surface area (Å²) in [5.74, 6) is -0.0890. The molecule has 0 aliphatic carbocycles. The zero-order valence-corrected chi connectivity index (χ0v) is 11.7. The van der Waals surface area contributed by atoms with Crippen LogP contribution in [0.3, 0.4) is 0 Å². The minimum Gasteiger partial charge on any atom is -0.206 e. The summed E-state index contributed by atoms with van der Waals surface area (Å²) in [5, 5.41) is 0. The van der Waals surface area contributed by atoms with Crippen LogP contribution in [0.1, 0.15) is 43.0 Å². The molecule has 0 aliphatic heterocycles. The van der Waals surface area contributed by atoms with Crippen LogP contribution >= 0.6 is 0 Å². The maximum atomic E-state index is 14.0. The molecule has 1 aromatic rings. The summed E-state index contributed by atoms with van der Waals surface area (Å²) in [7, 11) is 0. The normalized spacial score (nSPS) is 12.4. The van der Waals surface area contributed by atoms with Crippen LogP contribution in [0.15, 0.2) is 23.8 Å². The Morgan fingerprint density at radius 2 is 1.59 bits per heavy atom. The molecule has 0 spiro atoms. The SMILES string of the molecule is C=C(C)/C(C)=C(/C)c1cc(C)c(C)c(F)c1C. The van der Waals surface area contributed by atoms with Crippen molar-refractivity contribution in [3.63, 3.8) is 0 Å². The van der Waals surface area contributed by atoms with Crippen LogP contribution in [0.2, 0.25) is 0 Å². The van der Waals surface area contributed by atoms with Gasteiger partial charge < -0.3 is 0 Å². The Morgan fingerprint density at radius 3 is 2.06 bits per heavy atom. The topological polar surface area (TPSA) is 0 Å². The van der Waals surface area contributed by atoms with Crippen LogP contribution in [0.25, 0.3) is 5.57 Å². The van der Waals surface area contributed by atoms with Gasteiger partial charge in [-0.1, -0.05) is 18.2 Å². The highest BCUT2D eigenvalue weighted by Gasteiger charge is 2.12. The minimum atomic E-state index is -0.0890. The highest BCUT2D eigenvalue weighted by Crippen LogP contribution is 2.29. The molecule has 0 unspecified atom stereocenters. The van der Waals surface area contributed by atoms with Crippen molar-refractivity contribution in [1.82, 2.24) is 0 Å². The Bertz CT molecular complexity index is 505.